The number of allylic oxidation sites excluding steroid dienone is 1. The SMILES string of the molecule is C[C@H]1CN(C2=CN3C(=O)C=C(c4ccccc4)PC3C=C2)CCN1. The quantitative estimate of drug-likeness (QED) is 0.842. The third-order valence-electron chi connectivity index (χ3n) is 4.66. The van der Waals surface area contributed by atoms with Crippen LogP contribution in [-0.4, -0.2) is 47.2 Å². The van der Waals surface area contributed by atoms with Crippen LogP contribution in [-0.2, 0) is 4.79 Å². The van der Waals surface area contributed by atoms with Gasteiger partial charge in [0.2, 0.25) is 0 Å². The molecule has 3 atom stereocenters. The van der Waals surface area contributed by atoms with Crippen molar-refractivity contribution in [3.8, 4) is 0 Å². The lowest BCUT2D eigenvalue weighted by Crippen LogP contribution is -2.49. The minimum Gasteiger partial charge on any atom is -0.368 e. The number of hydrogen-bond donors (Lipinski definition) is 1. The lowest BCUT2D eigenvalue weighted by Gasteiger charge is -2.39. The van der Waals surface area contributed by atoms with Gasteiger partial charge in [-0.05, 0) is 23.9 Å². The van der Waals surface area contributed by atoms with E-state index in [9.17, 15) is 4.79 Å². The summed E-state index contributed by atoms with van der Waals surface area (Å²) in [6.45, 7) is 5.16. The highest BCUT2D eigenvalue weighted by atomic mass is 31.1. The van der Waals surface area contributed by atoms with Crippen molar-refractivity contribution >= 4 is 19.8 Å². The zero-order chi connectivity index (χ0) is 16.5. The maximum Gasteiger partial charge on any atom is 0.252 e. The zero-order valence-corrected chi connectivity index (χ0v) is 14.8. The highest BCUT2D eigenvalue weighted by Crippen LogP contribution is 2.44. The van der Waals surface area contributed by atoms with Gasteiger partial charge in [0.15, 0.2) is 0 Å². The minimum atomic E-state index is 0.0858. The maximum atomic E-state index is 12.6. The Labute approximate surface area is 144 Å². The van der Waals surface area contributed by atoms with Gasteiger partial charge in [-0.25, -0.2) is 0 Å². The van der Waals surface area contributed by atoms with Crippen molar-refractivity contribution in [2.24, 2.45) is 0 Å². The summed E-state index contributed by atoms with van der Waals surface area (Å²) in [4.78, 5) is 16.9. The van der Waals surface area contributed by atoms with E-state index in [1.54, 1.807) is 6.08 Å². The molecule has 3 aliphatic heterocycles. The molecule has 2 unspecified atom stereocenters. The molecule has 0 saturated carbocycles. The molecular formula is C19H22N3OP. The van der Waals surface area contributed by atoms with Crippen LogP contribution in [0.5, 0.6) is 0 Å². The van der Waals surface area contributed by atoms with Crippen LogP contribution in [0.25, 0.3) is 5.31 Å². The molecule has 1 aromatic carbocycles. The summed E-state index contributed by atoms with van der Waals surface area (Å²) >= 11 is 0. The fourth-order valence-corrected chi connectivity index (χ4v) is 4.80. The first-order chi connectivity index (χ1) is 11.7. The number of carbonyl (C=O) groups excluding carboxylic acids is 1. The number of benzene rings is 1. The molecule has 24 heavy (non-hydrogen) atoms. The number of fused-ring (bicyclic) bond motifs is 1. The van der Waals surface area contributed by atoms with Crippen molar-refractivity contribution in [2.45, 2.75) is 18.7 Å². The first kappa shape index (κ1) is 15.6. The number of rotatable bonds is 2. The van der Waals surface area contributed by atoms with Gasteiger partial charge in [0.1, 0.15) is 0 Å². The number of nitrogens with one attached hydrogen (secondary N) is 1. The summed E-state index contributed by atoms with van der Waals surface area (Å²) in [6, 6.07) is 10.7. The van der Waals surface area contributed by atoms with Gasteiger partial charge in [-0.3, -0.25) is 4.79 Å². The number of nitrogens with zero attached hydrogens (tertiary/aromatic N) is 2. The molecule has 1 amide bonds. The predicted octanol–water partition coefficient (Wildman–Crippen LogP) is 2.58. The molecule has 0 aromatic heterocycles. The first-order valence-electron chi connectivity index (χ1n) is 8.45. The molecule has 0 radical (unpaired) electrons. The molecule has 4 rings (SSSR count). The van der Waals surface area contributed by atoms with Crippen LogP contribution in [0.2, 0.25) is 0 Å². The summed E-state index contributed by atoms with van der Waals surface area (Å²) in [5.74, 6) is 0.240. The topological polar surface area (TPSA) is 35.6 Å². The van der Waals surface area contributed by atoms with E-state index in [-0.39, 0.29) is 11.7 Å². The second kappa shape index (κ2) is 6.54. The normalized spacial score (nSPS) is 27.8. The van der Waals surface area contributed by atoms with Crippen molar-refractivity contribution in [3.05, 3.63) is 66.0 Å². The van der Waals surface area contributed by atoms with Crippen LogP contribution in [0, 0.1) is 0 Å². The molecule has 124 valence electrons. The average Bonchev–Trinajstić information content (AvgIpc) is 2.62. The molecule has 5 heteroatoms. The van der Waals surface area contributed by atoms with Crippen LogP contribution in [0.4, 0.5) is 0 Å². The predicted molar refractivity (Wildman–Crippen MR) is 99.6 cm³/mol. The molecule has 1 aromatic rings. The van der Waals surface area contributed by atoms with Crippen LogP contribution in [0.3, 0.4) is 0 Å². The highest BCUT2D eigenvalue weighted by molar-refractivity contribution is 7.51. The Morgan fingerprint density at radius 2 is 2.08 bits per heavy atom. The van der Waals surface area contributed by atoms with E-state index in [1.807, 2.05) is 29.3 Å². The van der Waals surface area contributed by atoms with Crippen molar-refractivity contribution < 1.29 is 4.79 Å². The third-order valence-corrected chi connectivity index (χ3v) is 6.18. The standard InChI is InChI=1S/C19H22N3OP/c1-14-12-21(10-9-20-14)16-7-8-19-22(13-16)18(23)11-17(24-19)15-5-3-2-4-6-15/h2-8,11,13-14,19-20,24H,9-10,12H2,1H3/t14-,19?/m0/s1. The van der Waals surface area contributed by atoms with Gasteiger partial charge < -0.3 is 15.1 Å². The van der Waals surface area contributed by atoms with E-state index in [0.29, 0.717) is 14.6 Å². The van der Waals surface area contributed by atoms with Gasteiger partial charge in [-0.15, -0.1) is 0 Å². The maximum absolute atomic E-state index is 12.6. The molecule has 4 nitrogen and oxygen atoms in total. The molecular weight excluding hydrogens is 317 g/mol. The third kappa shape index (κ3) is 3.04. The molecule has 0 spiro atoms. The van der Waals surface area contributed by atoms with Crippen LogP contribution in [0.15, 0.2) is 60.5 Å². The van der Waals surface area contributed by atoms with Gasteiger partial charge in [0.05, 0.1) is 11.5 Å². The summed E-state index contributed by atoms with van der Waals surface area (Å²) < 4.78 is 0. The van der Waals surface area contributed by atoms with E-state index in [0.717, 1.165) is 36.2 Å². The Morgan fingerprint density at radius 3 is 2.88 bits per heavy atom. The number of carbonyl (C=O) groups is 1. The Bertz CT molecular complexity index is 725. The average molecular weight is 339 g/mol. The smallest absolute Gasteiger partial charge is 0.252 e. The first-order valence-corrected chi connectivity index (χ1v) is 9.53. The van der Waals surface area contributed by atoms with E-state index in [1.165, 1.54) is 0 Å². The van der Waals surface area contributed by atoms with Gasteiger partial charge >= 0.3 is 0 Å². The van der Waals surface area contributed by atoms with Crippen LogP contribution < -0.4 is 5.32 Å². The molecule has 0 aliphatic carbocycles. The Hall–Kier alpha value is -1.90. The van der Waals surface area contributed by atoms with Crippen LogP contribution >= 0.6 is 8.58 Å². The zero-order valence-electron chi connectivity index (χ0n) is 13.8. The second-order valence-electron chi connectivity index (χ2n) is 6.47. The number of amides is 1. The lowest BCUT2D eigenvalue weighted by atomic mass is 10.1. The van der Waals surface area contributed by atoms with Gasteiger partial charge in [-0.1, -0.05) is 45.0 Å². The molecule has 3 heterocycles. The number of piperazine rings is 1. The van der Waals surface area contributed by atoms with Crippen molar-refractivity contribution in [1.29, 1.82) is 0 Å². The Morgan fingerprint density at radius 1 is 1.25 bits per heavy atom. The van der Waals surface area contributed by atoms with E-state index in [2.05, 4.69) is 41.4 Å². The van der Waals surface area contributed by atoms with E-state index < -0.39 is 0 Å². The number of hydrogen-bond acceptors (Lipinski definition) is 3. The van der Waals surface area contributed by atoms with Gasteiger partial charge in [-0.2, -0.15) is 0 Å². The van der Waals surface area contributed by atoms with Crippen molar-refractivity contribution in [3.63, 3.8) is 0 Å². The molecule has 1 fully saturated rings. The van der Waals surface area contributed by atoms with E-state index >= 15 is 0 Å². The fourth-order valence-electron chi connectivity index (χ4n) is 3.40. The Kier molecular flexibility index (Phi) is 4.26. The summed E-state index contributed by atoms with van der Waals surface area (Å²) in [6.07, 6.45) is 8.22. The summed E-state index contributed by atoms with van der Waals surface area (Å²) in [5.41, 5.74) is 2.30. The van der Waals surface area contributed by atoms with Gasteiger partial charge in [0.25, 0.3) is 5.91 Å². The van der Waals surface area contributed by atoms with E-state index in [4.69, 9.17) is 0 Å². The summed E-state index contributed by atoms with van der Waals surface area (Å²) in [5, 5.41) is 4.61. The molecule has 0 bridgehead atoms. The highest BCUT2D eigenvalue weighted by Gasteiger charge is 2.30. The summed E-state index contributed by atoms with van der Waals surface area (Å²) in [7, 11) is 0.584. The molecule has 1 N–H and O–H groups in total. The van der Waals surface area contributed by atoms with Crippen molar-refractivity contribution in [1.82, 2.24) is 15.1 Å². The second-order valence-corrected chi connectivity index (χ2v) is 7.89. The van der Waals surface area contributed by atoms with Crippen molar-refractivity contribution in [2.75, 3.05) is 19.6 Å². The largest absolute Gasteiger partial charge is 0.368 e. The van der Waals surface area contributed by atoms with Gasteiger partial charge in [0, 0.05) is 38.0 Å². The molecule has 1 saturated heterocycles. The fraction of sp³-hybridized carbons (Fsp3) is 0.316. The minimum absolute atomic E-state index is 0.0858. The molecule has 3 aliphatic rings. The Balaban J connectivity index is 1.56. The van der Waals surface area contributed by atoms with Crippen LogP contribution in [0.1, 0.15) is 12.5 Å². The lowest BCUT2D eigenvalue weighted by molar-refractivity contribution is -0.123. The monoisotopic (exact) mass is 339 g/mol.